The fraction of sp³-hybridized carbons (Fsp3) is 0.316. The predicted molar refractivity (Wildman–Crippen MR) is 82.4 cm³/mol. The highest BCUT2D eigenvalue weighted by molar-refractivity contribution is 6.10. The molecule has 1 nitrogen and oxygen atoms in total. The fourth-order valence-corrected chi connectivity index (χ4v) is 2.81. The molecule has 0 unspecified atom stereocenters. The third-order valence-electron chi connectivity index (χ3n) is 4.36. The van der Waals surface area contributed by atoms with E-state index in [-0.39, 0.29) is 5.78 Å². The lowest BCUT2D eigenvalue weighted by Crippen LogP contribution is -2.10. The molecule has 0 amide bonds. The first-order chi connectivity index (χ1) is 9.65. The Labute approximate surface area is 120 Å². The van der Waals surface area contributed by atoms with Gasteiger partial charge in [-0.1, -0.05) is 42.3 Å². The lowest BCUT2D eigenvalue weighted by molar-refractivity contribution is 0.103. The Kier molecular flexibility index (Phi) is 3.43. The average molecular weight is 264 g/mol. The molecular weight excluding hydrogens is 244 g/mol. The average Bonchev–Trinajstić information content (AvgIpc) is 2.39. The lowest BCUT2D eigenvalue weighted by Gasteiger charge is -2.26. The van der Waals surface area contributed by atoms with Crippen molar-refractivity contribution in [3.8, 4) is 0 Å². The quantitative estimate of drug-likeness (QED) is 0.728. The Balaban J connectivity index is 1.95. The van der Waals surface area contributed by atoms with Crippen LogP contribution in [0.5, 0.6) is 0 Å². The van der Waals surface area contributed by atoms with Gasteiger partial charge in [-0.2, -0.15) is 0 Å². The van der Waals surface area contributed by atoms with Crippen molar-refractivity contribution < 1.29 is 4.79 Å². The molecular formula is C19H20O. The normalized spacial score (nSPS) is 14.9. The number of benzene rings is 2. The molecule has 1 heteroatoms. The maximum atomic E-state index is 12.7. The van der Waals surface area contributed by atoms with E-state index in [1.165, 1.54) is 24.8 Å². The first-order valence-electron chi connectivity index (χ1n) is 7.37. The molecule has 0 atom stereocenters. The van der Waals surface area contributed by atoms with Crippen LogP contribution in [-0.4, -0.2) is 5.78 Å². The third-order valence-corrected chi connectivity index (χ3v) is 4.36. The van der Waals surface area contributed by atoms with Crippen molar-refractivity contribution in [1.82, 2.24) is 0 Å². The zero-order chi connectivity index (χ0) is 14.1. The summed E-state index contributed by atoms with van der Waals surface area (Å²) in [6.07, 6.45) is 3.85. The summed E-state index contributed by atoms with van der Waals surface area (Å²) >= 11 is 0. The van der Waals surface area contributed by atoms with Gasteiger partial charge in [0, 0.05) is 11.1 Å². The maximum absolute atomic E-state index is 12.7. The van der Waals surface area contributed by atoms with E-state index in [0.717, 1.165) is 22.3 Å². The Morgan fingerprint density at radius 3 is 2.55 bits per heavy atom. The van der Waals surface area contributed by atoms with Gasteiger partial charge >= 0.3 is 0 Å². The van der Waals surface area contributed by atoms with Crippen LogP contribution in [0.15, 0.2) is 42.5 Å². The molecule has 1 saturated carbocycles. The van der Waals surface area contributed by atoms with Gasteiger partial charge < -0.3 is 0 Å². The molecule has 1 aliphatic carbocycles. The number of ketones is 1. The minimum atomic E-state index is 0.146. The van der Waals surface area contributed by atoms with Crippen LogP contribution in [-0.2, 0) is 0 Å². The molecule has 3 rings (SSSR count). The van der Waals surface area contributed by atoms with E-state index >= 15 is 0 Å². The van der Waals surface area contributed by atoms with Crippen LogP contribution in [0.3, 0.4) is 0 Å². The minimum Gasteiger partial charge on any atom is -0.289 e. The number of hydrogen-bond acceptors (Lipinski definition) is 1. The van der Waals surface area contributed by atoms with Gasteiger partial charge in [0.1, 0.15) is 0 Å². The minimum absolute atomic E-state index is 0.146. The first-order valence-corrected chi connectivity index (χ1v) is 7.37. The van der Waals surface area contributed by atoms with E-state index in [2.05, 4.69) is 18.2 Å². The molecule has 0 spiro atoms. The van der Waals surface area contributed by atoms with Crippen molar-refractivity contribution in [3.63, 3.8) is 0 Å². The van der Waals surface area contributed by atoms with Crippen LogP contribution in [0.2, 0.25) is 0 Å². The summed E-state index contributed by atoms with van der Waals surface area (Å²) in [5.41, 5.74) is 5.16. The topological polar surface area (TPSA) is 17.1 Å². The lowest BCUT2D eigenvalue weighted by atomic mass is 9.79. The molecule has 0 aromatic heterocycles. The maximum Gasteiger partial charge on any atom is 0.193 e. The SMILES string of the molecule is Cc1ccc(C)c(C(=O)c2cccc(C3CCC3)c2)c1. The summed E-state index contributed by atoms with van der Waals surface area (Å²) in [6, 6.07) is 14.3. The van der Waals surface area contributed by atoms with Gasteiger partial charge in [0.05, 0.1) is 0 Å². The van der Waals surface area contributed by atoms with Crippen LogP contribution in [0.1, 0.15) is 57.8 Å². The van der Waals surface area contributed by atoms with E-state index < -0.39 is 0 Å². The van der Waals surface area contributed by atoms with Gasteiger partial charge in [0.25, 0.3) is 0 Å². The summed E-state index contributed by atoms with van der Waals surface area (Å²) in [7, 11) is 0. The molecule has 0 aliphatic heterocycles. The molecule has 2 aromatic carbocycles. The molecule has 102 valence electrons. The number of rotatable bonds is 3. The zero-order valence-electron chi connectivity index (χ0n) is 12.1. The summed E-state index contributed by atoms with van der Waals surface area (Å²) in [5, 5.41) is 0. The summed E-state index contributed by atoms with van der Waals surface area (Å²) in [5.74, 6) is 0.814. The standard InChI is InChI=1S/C19H20O/c1-13-9-10-14(2)18(11-13)19(20)17-8-4-7-16(12-17)15-5-3-6-15/h4,7-12,15H,3,5-6H2,1-2H3. The van der Waals surface area contributed by atoms with E-state index in [4.69, 9.17) is 0 Å². The highest BCUT2D eigenvalue weighted by atomic mass is 16.1. The zero-order valence-corrected chi connectivity index (χ0v) is 12.1. The second-order valence-corrected chi connectivity index (χ2v) is 5.90. The second-order valence-electron chi connectivity index (χ2n) is 5.90. The van der Waals surface area contributed by atoms with E-state index in [1.807, 2.05) is 38.1 Å². The van der Waals surface area contributed by atoms with Gasteiger partial charge in [-0.05, 0) is 55.9 Å². The monoisotopic (exact) mass is 264 g/mol. The number of carbonyl (C=O) groups is 1. The van der Waals surface area contributed by atoms with Crippen LogP contribution < -0.4 is 0 Å². The van der Waals surface area contributed by atoms with E-state index in [9.17, 15) is 4.79 Å². The van der Waals surface area contributed by atoms with Gasteiger partial charge in [-0.3, -0.25) is 4.79 Å². The molecule has 1 aliphatic rings. The summed E-state index contributed by atoms with van der Waals surface area (Å²) in [4.78, 5) is 12.7. The molecule has 0 heterocycles. The fourth-order valence-electron chi connectivity index (χ4n) is 2.81. The third kappa shape index (κ3) is 2.40. The summed E-state index contributed by atoms with van der Waals surface area (Å²) < 4.78 is 0. The summed E-state index contributed by atoms with van der Waals surface area (Å²) in [6.45, 7) is 4.03. The van der Waals surface area contributed by atoms with Crippen LogP contribution in [0.4, 0.5) is 0 Å². The molecule has 0 saturated heterocycles. The van der Waals surface area contributed by atoms with Crippen molar-refractivity contribution in [2.75, 3.05) is 0 Å². The number of carbonyl (C=O) groups excluding carboxylic acids is 1. The highest BCUT2D eigenvalue weighted by Crippen LogP contribution is 2.36. The molecule has 0 N–H and O–H groups in total. The second kappa shape index (κ2) is 5.24. The van der Waals surface area contributed by atoms with Crippen molar-refractivity contribution in [2.24, 2.45) is 0 Å². The van der Waals surface area contributed by atoms with Crippen LogP contribution >= 0.6 is 0 Å². The molecule has 1 fully saturated rings. The van der Waals surface area contributed by atoms with Crippen molar-refractivity contribution in [2.45, 2.75) is 39.0 Å². The highest BCUT2D eigenvalue weighted by Gasteiger charge is 2.20. The number of aryl methyl sites for hydroxylation is 2. The Bertz CT molecular complexity index is 651. The molecule has 0 bridgehead atoms. The smallest absolute Gasteiger partial charge is 0.193 e. The van der Waals surface area contributed by atoms with Crippen molar-refractivity contribution in [1.29, 1.82) is 0 Å². The Hall–Kier alpha value is -1.89. The van der Waals surface area contributed by atoms with Gasteiger partial charge in [-0.25, -0.2) is 0 Å². The predicted octanol–water partition coefficient (Wildman–Crippen LogP) is 4.80. The Morgan fingerprint density at radius 2 is 1.85 bits per heavy atom. The van der Waals surface area contributed by atoms with E-state index in [1.54, 1.807) is 0 Å². The van der Waals surface area contributed by atoms with Crippen molar-refractivity contribution >= 4 is 5.78 Å². The van der Waals surface area contributed by atoms with E-state index in [0.29, 0.717) is 5.92 Å². The molecule has 20 heavy (non-hydrogen) atoms. The molecule has 2 aromatic rings. The van der Waals surface area contributed by atoms with Gasteiger partial charge in [0.15, 0.2) is 5.78 Å². The van der Waals surface area contributed by atoms with Crippen LogP contribution in [0, 0.1) is 13.8 Å². The number of hydrogen-bond donors (Lipinski definition) is 0. The Morgan fingerprint density at radius 1 is 1.05 bits per heavy atom. The van der Waals surface area contributed by atoms with Crippen LogP contribution in [0.25, 0.3) is 0 Å². The largest absolute Gasteiger partial charge is 0.289 e. The van der Waals surface area contributed by atoms with Gasteiger partial charge in [-0.15, -0.1) is 0 Å². The first kappa shape index (κ1) is 13.1. The molecule has 0 radical (unpaired) electrons. The van der Waals surface area contributed by atoms with Crippen molar-refractivity contribution in [3.05, 3.63) is 70.3 Å². The van der Waals surface area contributed by atoms with Gasteiger partial charge in [0.2, 0.25) is 0 Å².